The summed E-state index contributed by atoms with van der Waals surface area (Å²) in [6.45, 7) is 4.43. The molecule has 3 unspecified atom stereocenters. The molecule has 1 saturated carbocycles. The maximum absolute atomic E-state index is 12.2. The highest BCUT2D eigenvalue weighted by molar-refractivity contribution is 5.83. The van der Waals surface area contributed by atoms with Crippen LogP contribution in [0.4, 0.5) is 4.79 Å². The molecule has 6 nitrogen and oxygen atoms in total. The van der Waals surface area contributed by atoms with Crippen LogP contribution >= 0.6 is 0 Å². The predicted molar refractivity (Wildman–Crippen MR) is 73.3 cm³/mol. The van der Waals surface area contributed by atoms with E-state index in [1.165, 1.54) is 4.90 Å². The number of rotatable bonds is 2. The van der Waals surface area contributed by atoms with E-state index in [-0.39, 0.29) is 25.0 Å². The zero-order chi connectivity index (χ0) is 14.9. The van der Waals surface area contributed by atoms with Crippen molar-refractivity contribution in [1.82, 2.24) is 10.2 Å². The third-order valence-corrected chi connectivity index (χ3v) is 4.57. The second kappa shape index (κ2) is 5.99. The normalized spacial score (nSPS) is 37.8. The summed E-state index contributed by atoms with van der Waals surface area (Å²) >= 11 is 0. The van der Waals surface area contributed by atoms with Gasteiger partial charge in [-0.1, -0.05) is 13.8 Å². The maximum atomic E-state index is 12.2. The van der Waals surface area contributed by atoms with Crippen LogP contribution in [-0.2, 0) is 4.79 Å². The Hall–Kier alpha value is -1.30. The molecular weight excluding hydrogens is 260 g/mol. The first-order chi connectivity index (χ1) is 9.38. The fourth-order valence-electron chi connectivity index (χ4n) is 3.39. The number of carboxylic acids is 1. The molecule has 6 heteroatoms. The highest BCUT2D eigenvalue weighted by Gasteiger charge is 2.40. The molecule has 1 aliphatic carbocycles. The van der Waals surface area contributed by atoms with Crippen molar-refractivity contribution in [2.24, 2.45) is 11.8 Å². The maximum Gasteiger partial charge on any atom is 0.326 e. The van der Waals surface area contributed by atoms with Crippen LogP contribution in [0.2, 0.25) is 0 Å². The highest BCUT2D eigenvalue weighted by Crippen LogP contribution is 2.29. The number of aliphatic hydroxyl groups excluding tert-OH is 1. The molecule has 1 saturated heterocycles. The Morgan fingerprint density at radius 1 is 1.20 bits per heavy atom. The van der Waals surface area contributed by atoms with Crippen molar-refractivity contribution in [2.45, 2.75) is 57.7 Å². The van der Waals surface area contributed by atoms with Crippen LogP contribution in [0.5, 0.6) is 0 Å². The summed E-state index contributed by atoms with van der Waals surface area (Å²) in [6.07, 6.45) is 2.46. The summed E-state index contributed by atoms with van der Waals surface area (Å²) in [5.41, 5.74) is 0. The van der Waals surface area contributed by atoms with Gasteiger partial charge in [-0.25, -0.2) is 9.59 Å². The molecule has 0 aromatic heterocycles. The molecule has 20 heavy (non-hydrogen) atoms. The summed E-state index contributed by atoms with van der Waals surface area (Å²) in [6, 6.07) is -1.17. The van der Waals surface area contributed by atoms with Crippen molar-refractivity contribution in [3.63, 3.8) is 0 Å². The molecule has 5 atom stereocenters. The minimum absolute atomic E-state index is 0.0975. The Kier molecular flexibility index (Phi) is 4.52. The Morgan fingerprint density at radius 2 is 1.90 bits per heavy atom. The Bertz CT molecular complexity index is 387. The second-order valence-electron chi connectivity index (χ2n) is 6.35. The van der Waals surface area contributed by atoms with Gasteiger partial charge in [0.25, 0.3) is 0 Å². The zero-order valence-corrected chi connectivity index (χ0v) is 12.1. The molecule has 0 radical (unpaired) electrons. The van der Waals surface area contributed by atoms with Crippen molar-refractivity contribution in [3.05, 3.63) is 0 Å². The third kappa shape index (κ3) is 3.23. The van der Waals surface area contributed by atoms with Crippen molar-refractivity contribution in [3.8, 4) is 0 Å². The lowest BCUT2D eigenvalue weighted by Gasteiger charge is -2.34. The van der Waals surface area contributed by atoms with Crippen molar-refractivity contribution < 1.29 is 19.8 Å². The van der Waals surface area contributed by atoms with Gasteiger partial charge >= 0.3 is 12.0 Å². The van der Waals surface area contributed by atoms with Gasteiger partial charge in [-0.15, -0.1) is 0 Å². The summed E-state index contributed by atoms with van der Waals surface area (Å²) in [7, 11) is 0. The molecule has 3 N–H and O–H groups in total. The second-order valence-corrected chi connectivity index (χ2v) is 6.35. The molecular formula is C14H24N2O4. The number of urea groups is 1. The van der Waals surface area contributed by atoms with E-state index < -0.39 is 18.1 Å². The number of nitrogens with zero attached hydrogens (tertiary/aromatic N) is 1. The molecule has 2 aliphatic rings. The lowest BCUT2D eigenvalue weighted by atomic mass is 9.80. The van der Waals surface area contributed by atoms with E-state index in [1.807, 2.05) is 0 Å². The van der Waals surface area contributed by atoms with Crippen LogP contribution in [0.1, 0.15) is 39.5 Å². The lowest BCUT2D eigenvalue weighted by Crippen LogP contribution is -2.51. The third-order valence-electron chi connectivity index (χ3n) is 4.57. The molecule has 2 rings (SSSR count). The van der Waals surface area contributed by atoms with E-state index in [9.17, 15) is 14.7 Å². The number of nitrogens with one attached hydrogen (secondary N) is 1. The van der Waals surface area contributed by atoms with E-state index in [2.05, 4.69) is 19.2 Å². The number of amides is 2. The summed E-state index contributed by atoms with van der Waals surface area (Å²) in [5, 5.41) is 21.6. The standard InChI is InChI=1S/C14H24N2O4/c1-8-3-4-11(9(2)5-8)15-14(20)16-7-10(17)6-12(16)13(18)19/h8-12,17H,3-7H2,1-2H3,(H,15,20)(H,18,19)/t8?,9?,10-,11?,12+/m1/s1. The first-order valence-corrected chi connectivity index (χ1v) is 7.36. The Labute approximate surface area is 119 Å². The molecule has 0 aromatic rings. The molecule has 0 aromatic carbocycles. The number of carbonyl (C=O) groups excluding carboxylic acids is 1. The number of aliphatic carboxylic acids is 1. The number of carboxylic acid groups (broad SMARTS) is 1. The molecule has 2 amide bonds. The van der Waals surface area contributed by atoms with Crippen LogP contribution in [-0.4, -0.2) is 51.8 Å². The molecule has 2 fully saturated rings. The van der Waals surface area contributed by atoms with Crippen LogP contribution < -0.4 is 5.32 Å². The van der Waals surface area contributed by atoms with Crippen LogP contribution in [0.25, 0.3) is 0 Å². The van der Waals surface area contributed by atoms with Crippen molar-refractivity contribution >= 4 is 12.0 Å². The van der Waals surface area contributed by atoms with E-state index in [0.29, 0.717) is 11.8 Å². The van der Waals surface area contributed by atoms with Gasteiger partial charge in [0.15, 0.2) is 0 Å². The minimum atomic E-state index is -1.05. The average molecular weight is 284 g/mol. The zero-order valence-electron chi connectivity index (χ0n) is 12.1. The number of likely N-dealkylation sites (tertiary alicyclic amines) is 1. The van der Waals surface area contributed by atoms with Crippen LogP contribution in [0.15, 0.2) is 0 Å². The van der Waals surface area contributed by atoms with Gasteiger partial charge in [-0.05, 0) is 31.1 Å². The number of carbonyl (C=O) groups is 2. The quantitative estimate of drug-likeness (QED) is 0.707. The largest absolute Gasteiger partial charge is 0.480 e. The van der Waals surface area contributed by atoms with Gasteiger partial charge in [0.05, 0.1) is 6.10 Å². The van der Waals surface area contributed by atoms with Gasteiger partial charge in [0.1, 0.15) is 6.04 Å². The summed E-state index contributed by atoms with van der Waals surface area (Å²) in [5.74, 6) is 0.0269. The van der Waals surface area contributed by atoms with Gasteiger partial charge in [0, 0.05) is 19.0 Å². The van der Waals surface area contributed by atoms with E-state index in [4.69, 9.17) is 5.11 Å². The number of β-amino-alcohol motifs (C(OH)–C–C–N with tert-alkyl or cyclic N) is 1. The topological polar surface area (TPSA) is 89.9 Å². The number of aliphatic hydroxyl groups is 1. The number of hydrogen-bond donors (Lipinski definition) is 3. The molecule has 1 aliphatic heterocycles. The molecule has 114 valence electrons. The van der Waals surface area contributed by atoms with Crippen molar-refractivity contribution in [1.29, 1.82) is 0 Å². The molecule has 1 heterocycles. The fourth-order valence-corrected chi connectivity index (χ4v) is 3.39. The molecule has 0 spiro atoms. The summed E-state index contributed by atoms with van der Waals surface area (Å²) in [4.78, 5) is 24.6. The highest BCUT2D eigenvalue weighted by atomic mass is 16.4. The monoisotopic (exact) mass is 284 g/mol. The summed E-state index contributed by atoms with van der Waals surface area (Å²) < 4.78 is 0. The molecule has 0 bridgehead atoms. The predicted octanol–water partition coefficient (Wildman–Crippen LogP) is 1.04. The smallest absolute Gasteiger partial charge is 0.326 e. The van der Waals surface area contributed by atoms with E-state index in [1.54, 1.807) is 0 Å². The first kappa shape index (κ1) is 15.1. The van der Waals surface area contributed by atoms with E-state index in [0.717, 1.165) is 19.3 Å². The fraction of sp³-hybridized carbons (Fsp3) is 0.857. The van der Waals surface area contributed by atoms with Gasteiger partial charge in [-0.3, -0.25) is 0 Å². The minimum Gasteiger partial charge on any atom is -0.480 e. The number of hydrogen-bond acceptors (Lipinski definition) is 3. The van der Waals surface area contributed by atoms with Crippen LogP contribution in [0.3, 0.4) is 0 Å². The Morgan fingerprint density at radius 3 is 2.50 bits per heavy atom. The van der Waals surface area contributed by atoms with Crippen LogP contribution in [0, 0.1) is 11.8 Å². The van der Waals surface area contributed by atoms with E-state index >= 15 is 0 Å². The first-order valence-electron chi connectivity index (χ1n) is 7.36. The van der Waals surface area contributed by atoms with Gasteiger partial charge in [0.2, 0.25) is 0 Å². The van der Waals surface area contributed by atoms with Gasteiger partial charge in [-0.2, -0.15) is 0 Å². The lowest BCUT2D eigenvalue weighted by molar-refractivity contribution is -0.141. The SMILES string of the molecule is CC1CCC(NC(=O)N2C[C@H](O)C[C@H]2C(=O)O)C(C)C1. The Balaban J connectivity index is 1.95. The van der Waals surface area contributed by atoms with Crippen molar-refractivity contribution in [2.75, 3.05) is 6.54 Å². The van der Waals surface area contributed by atoms with Gasteiger partial charge < -0.3 is 20.4 Å². The average Bonchev–Trinajstić information content (AvgIpc) is 2.75.